The van der Waals surface area contributed by atoms with E-state index in [4.69, 9.17) is 16.6 Å². The Morgan fingerprint density at radius 1 is 1.00 bits per heavy atom. The number of piperazine rings is 1. The van der Waals surface area contributed by atoms with Crippen molar-refractivity contribution in [2.24, 2.45) is 4.99 Å². The Morgan fingerprint density at radius 3 is 2.51 bits per heavy atom. The number of nitrogens with zero attached hydrogens (tertiary/aromatic N) is 7. The first-order valence-corrected chi connectivity index (χ1v) is 21.7. The summed E-state index contributed by atoms with van der Waals surface area (Å²) < 4.78 is 2.07. The highest BCUT2D eigenvalue weighted by atomic mass is 35.5. The maximum atomic E-state index is 13.5. The zero-order valence-electron chi connectivity index (χ0n) is 32.3. The molecule has 4 amide bonds. The number of carbonyl (C=O) groups excluding carboxylic acids is 4. The van der Waals surface area contributed by atoms with Crippen LogP contribution in [0.4, 0.5) is 0 Å². The molecule has 0 radical (unpaired) electrons. The first-order valence-electron chi connectivity index (χ1n) is 19.5. The van der Waals surface area contributed by atoms with Gasteiger partial charge < -0.3 is 15.1 Å². The maximum absolute atomic E-state index is 13.5. The smallest absolute Gasteiger partial charge is 0.255 e. The van der Waals surface area contributed by atoms with E-state index in [1.165, 1.54) is 4.88 Å². The normalized spacial score (nSPS) is 19.8. The summed E-state index contributed by atoms with van der Waals surface area (Å²) in [6.07, 6.45) is 1.78. The number of hydrogen-bond acceptors (Lipinski definition) is 11. The average Bonchev–Trinajstić information content (AvgIpc) is 3.81. The van der Waals surface area contributed by atoms with Crippen LogP contribution in [0.25, 0.3) is 5.00 Å². The molecule has 0 spiro atoms. The molecule has 4 aromatic rings. The number of piperidine rings is 1. The van der Waals surface area contributed by atoms with Crippen LogP contribution in [0.2, 0.25) is 5.02 Å². The van der Waals surface area contributed by atoms with E-state index in [0.29, 0.717) is 35.9 Å². The summed E-state index contributed by atoms with van der Waals surface area (Å²) in [7, 11) is 0. The quantitative estimate of drug-likeness (QED) is 0.116. The lowest BCUT2D eigenvalue weighted by Gasteiger charge is -2.34. The van der Waals surface area contributed by atoms with Gasteiger partial charge in [-0.15, -0.1) is 33.3 Å². The van der Waals surface area contributed by atoms with Gasteiger partial charge in [-0.05, 0) is 81.3 Å². The van der Waals surface area contributed by atoms with Gasteiger partial charge in [-0.2, -0.15) is 0 Å². The van der Waals surface area contributed by atoms with E-state index in [1.807, 2.05) is 43.3 Å². The van der Waals surface area contributed by atoms with Gasteiger partial charge in [0.15, 0.2) is 5.82 Å². The number of nitrogens with one attached hydrogen (secondary N) is 2. The maximum Gasteiger partial charge on any atom is 0.255 e. The Labute approximate surface area is 345 Å². The topological polar surface area (TPSA) is 145 Å². The number of imide groups is 1. The molecule has 2 atom stereocenters. The molecule has 4 aliphatic heterocycles. The molecule has 0 saturated carbocycles. The molecule has 2 aromatic carbocycles. The Kier molecular flexibility index (Phi) is 11.6. The molecule has 2 N–H and O–H groups in total. The number of rotatable bonds is 12. The number of thiophene rings is 1. The van der Waals surface area contributed by atoms with Gasteiger partial charge in [0.05, 0.1) is 12.1 Å². The number of amides is 4. The summed E-state index contributed by atoms with van der Waals surface area (Å²) in [5, 5.41) is 16.1. The molecular weight excluding hydrogens is 782 g/mol. The Bertz CT molecular complexity index is 2250. The fourth-order valence-corrected chi connectivity index (χ4v) is 10.5. The largest absolute Gasteiger partial charge is 0.355 e. The molecule has 57 heavy (non-hydrogen) atoms. The Balaban J connectivity index is 0.800. The average molecular weight is 828 g/mol. The van der Waals surface area contributed by atoms with E-state index in [2.05, 4.69) is 55.1 Å². The summed E-state index contributed by atoms with van der Waals surface area (Å²) in [4.78, 5) is 64.8. The summed E-state index contributed by atoms with van der Waals surface area (Å²) in [5.41, 5.74) is 5.60. The summed E-state index contributed by atoms with van der Waals surface area (Å²) in [5.74, 6) is 1.47. The van der Waals surface area contributed by atoms with Gasteiger partial charge in [0.1, 0.15) is 22.9 Å². The van der Waals surface area contributed by atoms with Gasteiger partial charge in [0.2, 0.25) is 17.7 Å². The van der Waals surface area contributed by atoms with E-state index in [-0.39, 0.29) is 36.5 Å². The van der Waals surface area contributed by atoms with E-state index in [1.54, 1.807) is 28.0 Å². The van der Waals surface area contributed by atoms with Crippen molar-refractivity contribution in [2.75, 3.05) is 51.6 Å². The fourth-order valence-electron chi connectivity index (χ4n) is 8.13. The molecule has 0 aliphatic carbocycles. The van der Waals surface area contributed by atoms with Gasteiger partial charge in [0, 0.05) is 83.7 Å². The van der Waals surface area contributed by atoms with Crippen molar-refractivity contribution in [3.63, 3.8) is 0 Å². The van der Waals surface area contributed by atoms with Gasteiger partial charge in [-0.25, -0.2) is 0 Å². The molecule has 298 valence electrons. The molecule has 2 fully saturated rings. The monoisotopic (exact) mass is 827 g/mol. The molecule has 0 bridgehead atoms. The minimum atomic E-state index is -0.607. The van der Waals surface area contributed by atoms with E-state index >= 15 is 0 Å². The summed E-state index contributed by atoms with van der Waals surface area (Å²) in [6, 6.07) is 12.4. The van der Waals surface area contributed by atoms with Crippen LogP contribution in [0, 0.1) is 20.8 Å². The van der Waals surface area contributed by atoms with Crippen molar-refractivity contribution < 1.29 is 19.2 Å². The number of aliphatic imine (C=N–C) groups is 1. The van der Waals surface area contributed by atoms with Crippen molar-refractivity contribution in [1.82, 2.24) is 40.1 Å². The lowest BCUT2D eigenvalue weighted by molar-refractivity contribution is -0.137. The fraction of sp³-hybridized carbons (Fsp3) is 0.439. The third kappa shape index (κ3) is 8.17. The second kappa shape index (κ2) is 16.8. The third-order valence-electron chi connectivity index (χ3n) is 11.4. The number of hydrogen-bond donors (Lipinski definition) is 2. The van der Waals surface area contributed by atoms with Crippen LogP contribution in [0.15, 0.2) is 52.4 Å². The highest BCUT2D eigenvalue weighted by Crippen LogP contribution is 2.40. The molecule has 4 aliphatic rings. The third-order valence-corrected chi connectivity index (χ3v) is 14.0. The SMILES string of the molecule is Cc1sc2c(c1C)C(c1ccc(Cl)cc1)=N[C@@H](CC(=O)NCCN1CCN(CCCSc3cccc4c3CN(C3CCC(=O)NC3=O)C4=O)CC1)c1nnc(C)n1-2. The molecule has 1 unspecified atom stereocenters. The first kappa shape index (κ1) is 39.4. The van der Waals surface area contributed by atoms with Gasteiger partial charge in [0.25, 0.3) is 5.91 Å². The number of aryl methyl sites for hydroxylation is 2. The highest BCUT2D eigenvalue weighted by Gasteiger charge is 2.40. The zero-order chi connectivity index (χ0) is 39.8. The van der Waals surface area contributed by atoms with Gasteiger partial charge >= 0.3 is 0 Å². The van der Waals surface area contributed by atoms with Crippen LogP contribution in [-0.4, -0.2) is 116 Å². The number of benzene rings is 2. The summed E-state index contributed by atoms with van der Waals surface area (Å²) >= 11 is 9.70. The minimum Gasteiger partial charge on any atom is -0.355 e. The molecule has 16 heteroatoms. The predicted molar refractivity (Wildman–Crippen MR) is 222 cm³/mol. The lowest BCUT2D eigenvalue weighted by Crippen LogP contribution is -2.52. The minimum absolute atomic E-state index is 0.0715. The number of thioether (sulfide) groups is 1. The van der Waals surface area contributed by atoms with E-state index < -0.39 is 12.1 Å². The molecular formula is C41H46ClN9O4S2. The van der Waals surface area contributed by atoms with Crippen molar-refractivity contribution in [3.05, 3.63) is 91.8 Å². The standard InChI is InChI=1S/C41H46ClN9O4S2/c1-24-25(2)57-41-36(24)37(27-8-10-28(42)11-9-27)44-31(38-47-46-26(3)51(38)41)22-35(53)43-14-16-49-19-17-48(18-20-49)15-5-21-56-33-7-4-6-29-30(33)23-50(40(29)55)32-12-13-34(52)45-39(32)54/h4,6-11,31-32H,5,12-23H2,1-3H3,(H,43,53)(H,45,52,54)/t31-,32?/m0/s1. The first-order chi connectivity index (χ1) is 27.5. The molecule has 2 saturated heterocycles. The van der Waals surface area contributed by atoms with Crippen molar-refractivity contribution in [2.45, 2.75) is 70.0 Å². The molecule has 8 rings (SSSR count). The second-order valence-corrected chi connectivity index (χ2v) is 17.8. The van der Waals surface area contributed by atoms with Crippen molar-refractivity contribution in [1.29, 1.82) is 0 Å². The highest BCUT2D eigenvalue weighted by molar-refractivity contribution is 7.99. The summed E-state index contributed by atoms with van der Waals surface area (Å²) in [6.45, 7) is 12.7. The van der Waals surface area contributed by atoms with E-state index in [0.717, 1.165) is 95.1 Å². The zero-order valence-corrected chi connectivity index (χ0v) is 34.7. The van der Waals surface area contributed by atoms with Gasteiger partial charge in [-0.1, -0.05) is 29.8 Å². The number of halogens is 1. The van der Waals surface area contributed by atoms with Crippen LogP contribution >= 0.6 is 34.7 Å². The van der Waals surface area contributed by atoms with Crippen LogP contribution in [0.3, 0.4) is 0 Å². The molecule has 6 heterocycles. The van der Waals surface area contributed by atoms with Crippen LogP contribution in [-0.2, 0) is 20.9 Å². The van der Waals surface area contributed by atoms with Crippen molar-refractivity contribution >= 4 is 64.0 Å². The molecule has 2 aromatic heterocycles. The number of aromatic nitrogens is 3. The molecule has 13 nitrogen and oxygen atoms in total. The predicted octanol–water partition coefficient (Wildman–Crippen LogP) is 4.87. The second-order valence-electron chi connectivity index (χ2n) is 15.0. The number of fused-ring (bicyclic) bond motifs is 4. The van der Waals surface area contributed by atoms with Crippen molar-refractivity contribution in [3.8, 4) is 5.00 Å². The van der Waals surface area contributed by atoms with Gasteiger partial charge in [-0.3, -0.25) is 39.0 Å². The Morgan fingerprint density at radius 2 is 1.75 bits per heavy atom. The Hall–Kier alpha value is -4.41. The van der Waals surface area contributed by atoms with Crippen LogP contribution in [0.5, 0.6) is 0 Å². The lowest BCUT2D eigenvalue weighted by atomic mass is 9.99. The number of carbonyl (C=O) groups is 4. The van der Waals surface area contributed by atoms with Crippen LogP contribution in [0.1, 0.15) is 80.9 Å². The van der Waals surface area contributed by atoms with Crippen LogP contribution < -0.4 is 10.6 Å². The van der Waals surface area contributed by atoms with E-state index in [9.17, 15) is 19.2 Å².